The molecule has 0 amide bonds. The molecule has 0 radical (unpaired) electrons. The van der Waals surface area contributed by atoms with E-state index < -0.39 is 5.60 Å². The second-order valence-electron chi connectivity index (χ2n) is 7.65. The van der Waals surface area contributed by atoms with Crippen LogP contribution in [0.5, 0.6) is 0 Å². The van der Waals surface area contributed by atoms with Crippen molar-refractivity contribution in [3.63, 3.8) is 0 Å². The molecule has 25 heavy (non-hydrogen) atoms. The molecule has 1 aromatic heterocycles. The second kappa shape index (κ2) is 8.02. The van der Waals surface area contributed by atoms with Crippen LogP contribution in [0.2, 0.25) is 5.15 Å². The van der Waals surface area contributed by atoms with Gasteiger partial charge in [0.15, 0.2) is 5.78 Å². The molecular formula is C19H27ClN2O3. The van der Waals surface area contributed by atoms with E-state index in [1.54, 1.807) is 12.3 Å². The lowest BCUT2D eigenvalue weighted by Gasteiger charge is -2.34. The van der Waals surface area contributed by atoms with Crippen molar-refractivity contribution in [2.24, 2.45) is 5.92 Å². The van der Waals surface area contributed by atoms with Gasteiger partial charge in [-0.1, -0.05) is 11.6 Å². The lowest BCUT2D eigenvalue weighted by molar-refractivity contribution is 0.0196. The number of aromatic nitrogens is 1. The van der Waals surface area contributed by atoms with E-state index in [0.717, 1.165) is 57.4 Å². The zero-order valence-electron chi connectivity index (χ0n) is 14.8. The van der Waals surface area contributed by atoms with Gasteiger partial charge in [0.2, 0.25) is 0 Å². The Kier molecular flexibility index (Phi) is 5.97. The Bertz CT molecular complexity index is 605. The fraction of sp³-hybridized carbons (Fsp3) is 0.684. The van der Waals surface area contributed by atoms with E-state index in [1.807, 2.05) is 6.92 Å². The van der Waals surface area contributed by atoms with Gasteiger partial charge < -0.3 is 15.2 Å². The Morgan fingerprint density at radius 2 is 2.04 bits per heavy atom. The number of pyridine rings is 1. The molecular weight excluding hydrogens is 340 g/mol. The van der Waals surface area contributed by atoms with Gasteiger partial charge in [-0.2, -0.15) is 0 Å². The first-order valence-corrected chi connectivity index (χ1v) is 9.56. The molecule has 0 aromatic carbocycles. The fourth-order valence-corrected chi connectivity index (χ4v) is 3.86. The zero-order valence-corrected chi connectivity index (χ0v) is 15.5. The SMILES string of the molecule is CC1(O)CCC(Nc2cc(Cl)ncc2C(=O)CC2CCOCC2)CC1. The molecule has 1 aromatic rings. The third kappa shape index (κ3) is 5.16. The molecule has 6 heteroatoms. The summed E-state index contributed by atoms with van der Waals surface area (Å²) in [6.45, 7) is 3.36. The van der Waals surface area contributed by atoms with E-state index in [9.17, 15) is 9.90 Å². The van der Waals surface area contributed by atoms with Crippen molar-refractivity contribution in [3.8, 4) is 0 Å². The Morgan fingerprint density at radius 1 is 1.36 bits per heavy atom. The van der Waals surface area contributed by atoms with Gasteiger partial charge in [-0.25, -0.2) is 4.98 Å². The van der Waals surface area contributed by atoms with Crippen LogP contribution in [0.1, 0.15) is 62.2 Å². The molecule has 138 valence electrons. The van der Waals surface area contributed by atoms with Crippen molar-refractivity contribution in [1.29, 1.82) is 0 Å². The Hall–Kier alpha value is -1.17. The van der Waals surface area contributed by atoms with Gasteiger partial charge in [0.1, 0.15) is 5.15 Å². The number of rotatable bonds is 5. The van der Waals surface area contributed by atoms with Gasteiger partial charge in [0.25, 0.3) is 0 Å². The molecule has 0 atom stereocenters. The molecule has 2 heterocycles. The molecule has 1 saturated heterocycles. The van der Waals surface area contributed by atoms with Crippen molar-refractivity contribution >= 4 is 23.1 Å². The first-order chi connectivity index (χ1) is 11.9. The molecule has 5 nitrogen and oxygen atoms in total. The molecule has 2 aliphatic rings. The summed E-state index contributed by atoms with van der Waals surface area (Å²) in [4.78, 5) is 16.9. The van der Waals surface area contributed by atoms with Gasteiger partial charge in [0.05, 0.1) is 11.2 Å². The van der Waals surface area contributed by atoms with Crippen LogP contribution in [0, 0.1) is 5.92 Å². The minimum absolute atomic E-state index is 0.112. The average Bonchev–Trinajstić information content (AvgIpc) is 2.58. The number of nitrogens with one attached hydrogen (secondary N) is 1. The number of nitrogens with zero attached hydrogens (tertiary/aromatic N) is 1. The van der Waals surface area contributed by atoms with Crippen molar-refractivity contribution in [1.82, 2.24) is 4.98 Å². The van der Waals surface area contributed by atoms with Crippen LogP contribution in [0.25, 0.3) is 0 Å². The van der Waals surface area contributed by atoms with Crippen LogP contribution in [-0.4, -0.2) is 40.7 Å². The maximum atomic E-state index is 12.8. The summed E-state index contributed by atoms with van der Waals surface area (Å²) in [5, 5.41) is 14.0. The first kappa shape index (κ1) is 18.6. The molecule has 0 spiro atoms. The molecule has 1 saturated carbocycles. The van der Waals surface area contributed by atoms with E-state index in [1.165, 1.54) is 0 Å². The fourth-order valence-electron chi connectivity index (χ4n) is 3.70. The monoisotopic (exact) mass is 366 g/mol. The maximum Gasteiger partial charge on any atom is 0.166 e. The number of ketones is 1. The zero-order chi connectivity index (χ0) is 17.9. The highest BCUT2D eigenvalue weighted by atomic mass is 35.5. The molecule has 0 bridgehead atoms. The summed E-state index contributed by atoms with van der Waals surface area (Å²) in [5.74, 6) is 0.496. The maximum absolute atomic E-state index is 12.8. The lowest BCUT2D eigenvalue weighted by Crippen LogP contribution is -2.36. The minimum Gasteiger partial charge on any atom is -0.390 e. The average molecular weight is 367 g/mol. The number of carbonyl (C=O) groups excluding carboxylic acids is 1. The summed E-state index contributed by atoms with van der Waals surface area (Å²) in [6, 6.07) is 1.99. The standard InChI is InChI=1S/C19H27ClN2O3/c1-19(24)6-2-14(3-7-19)22-16-11-18(20)21-12-15(16)17(23)10-13-4-8-25-9-5-13/h11-14,24H,2-10H2,1H3,(H,21,22). The summed E-state index contributed by atoms with van der Waals surface area (Å²) < 4.78 is 5.37. The first-order valence-electron chi connectivity index (χ1n) is 9.18. The van der Waals surface area contributed by atoms with Gasteiger partial charge in [-0.05, 0) is 57.4 Å². The van der Waals surface area contributed by atoms with Gasteiger partial charge >= 0.3 is 0 Å². The number of hydrogen-bond acceptors (Lipinski definition) is 5. The van der Waals surface area contributed by atoms with Crippen LogP contribution >= 0.6 is 11.6 Å². The highest BCUT2D eigenvalue weighted by Gasteiger charge is 2.29. The second-order valence-corrected chi connectivity index (χ2v) is 8.04. The molecule has 0 unspecified atom stereocenters. The number of carbonyl (C=O) groups is 1. The molecule has 1 aliphatic carbocycles. The predicted octanol–water partition coefficient (Wildman–Crippen LogP) is 3.84. The Morgan fingerprint density at radius 3 is 2.72 bits per heavy atom. The number of ether oxygens (including phenoxy) is 1. The third-order valence-corrected chi connectivity index (χ3v) is 5.62. The summed E-state index contributed by atoms with van der Waals surface area (Å²) in [7, 11) is 0. The minimum atomic E-state index is -0.574. The summed E-state index contributed by atoms with van der Waals surface area (Å²) >= 11 is 6.06. The quantitative estimate of drug-likeness (QED) is 0.612. The van der Waals surface area contributed by atoms with Gasteiger partial charge in [0, 0.05) is 37.6 Å². The number of hydrogen-bond donors (Lipinski definition) is 2. The highest BCUT2D eigenvalue weighted by Crippen LogP contribution is 2.31. The topological polar surface area (TPSA) is 71.5 Å². The number of Topliss-reactive ketones (excluding diaryl/α,β-unsaturated/α-hetero) is 1. The molecule has 2 fully saturated rings. The van der Waals surface area contributed by atoms with E-state index in [4.69, 9.17) is 16.3 Å². The molecule has 1 aliphatic heterocycles. The Balaban J connectivity index is 1.68. The van der Waals surface area contributed by atoms with Crippen molar-refractivity contribution in [2.75, 3.05) is 18.5 Å². The van der Waals surface area contributed by atoms with E-state index in [0.29, 0.717) is 23.1 Å². The molecule has 3 rings (SSSR count). The van der Waals surface area contributed by atoms with Crippen molar-refractivity contribution < 1.29 is 14.6 Å². The largest absolute Gasteiger partial charge is 0.390 e. The lowest BCUT2D eigenvalue weighted by atomic mass is 9.83. The predicted molar refractivity (Wildman–Crippen MR) is 98.2 cm³/mol. The van der Waals surface area contributed by atoms with Crippen molar-refractivity contribution in [3.05, 3.63) is 23.0 Å². The Labute approximate surface area is 154 Å². The molecule has 2 N–H and O–H groups in total. The smallest absolute Gasteiger partial charge is 0.166 e. The van der Waals surface area contributed by atoms with Crippen LogP contribution in [0.3, 0.4) is 0 Å². The van der Waals surface area contributed by atoms with Crippen LogP contribution in [0.4, 0.5) is 5.69 Å². The van der Waals surface area contributed by atoms with Gasteiger partial charge in [-0.15, -0.1) is 0 Å². The van der Waals surface area contributed by atoms with Crippen LogP contribution < -0.4 is 5.32 Å². The third-order valence-electron chi connectivity index (χ3n) is 5.41. The number of aliphatic hydroxyl groups is 1. The van der Waals surface area contributed by atoms with Crippen LogP contribution in [0.15, 0.2) is 12.3 Å². The van der Waals surface area contributed by atoms with E-state index in [-0.39, 0.29) is 11.8 Å². The van der Waals surface area contributed by atoms with E-state index >= 15 is 0 Å². The van der Waals surface area contributed by atoms with Crippen molar-refractivity contribution in [2.45, 2.75) is 63.5 Å². The highest BCUT2D eigenvalue weighted by molar-refractivity contribution is 6.29. The number of halogens is 1. The van der Waals surface area contributed by atoms with Crippen LogP contribution in [-0.2, 0) is 4.74 Å². The normalized spacial score (nSPS) is 27.9. The number of anilines is 1. The summed E-state index contributed by atoms with van der Waals surface area (Å²) in [5.41, 5.74) is 0.812. The summed E-state index contributed by atoms with van der Waals surface area (Å²) in [6.07, 6.45) is 7.26. The van der Waals surface area contributed by atoms with E-state index in [2.05, 4.69) is 10.3 Å². The van der Waals surface area contributed by atoms with Gasteiger partial charge in [-0.3, -0.25) is 4.79 Å².